The summed E-state index contributed by atoms with van der Waals surface area (Å²) in [5.41, 5.74) is 6.77. The lowest BCUT2D eigenvalue weighted by Crippen LogP contribution is -2.29. The van der Waals surface area contributed by atoms with Crippen LogP contribution in [-0.4, -0.2) is 30.1 Å². The van der Waals surface area contributed by atoms with Crippen molar-refractivity contribution >= 4 is 0 Å². The summed E-state index contributed by atoms with van der Waals surface area (Å²) in [5.74, 6) is 0.315. The third-order valence-electron chi connectivity index (χ3n) is 2.68. The number of hydrogen-bond donors (Lipinski definition) is 2. The topological polar surface area (TPSA) is 49.5 Å². The maximum Gasteiger partial charge on any atom is 0.115 e. The Bertz CT molecular complexity index is 284. The van der Waals surface area contributed by atoms with Gasteiger partial charge >= 0.3 is 0 Å². The van der Waals surface area contributed by atoms with E-state index in [0.717, 1.165) is 13.0 Å². The van der Waals surface area contributed by atoms with Crippen molar-refractivity contribution in [2.75, 3.05) is 20.1 Å². The van der Waals surface area contributed by atoms with E-state index in [1.807, 2.05) is 12.1 Å². The minimum Gasteiger partial charge on any atom is -0.508 e. The Morgan fingerprint density at radius 2 is 1.93 bits per heavy atom. The molecule has 1 aromatic carbocycles. The molecule has 0 saturated heterocycles. The van der Waals surface area contributed by atoms with Crippen LogP contribution in [0.2, 0.25) is 0 Å². The van der Waals surface area contributed by atoms with E-state index in [1.54, 1.807) is 12.1 Å². The largest absolute Gasteiger partial charge is 0.508 e. The molecule has 3 heteroatoms. The Morgan fingerprint density at radius 1 is 1.33 bits per heavy atom. The van der Waals surface area contributed by atoms with Crippen LogP contribution in [0.4, 0.5) is 0 Å². The van der Waals surface area contributed by atoms with Gasteiger partial charge in [0.25, 0.3) is 0 Å². The van der Waals surface area contributed by atoms with Crippen LogP contribution < -0.4 is 5.73 Å². The Kier molecular flexibility index (Phi) is 4.59. The average molecular weight is 208 g/mol. The van der Waals surface area contributed by atoms with Crippen molar-refractivity contribution in [2.45, 2.75) is 19.4 Å². The fourth-order valence-electron chi connectivity index (χ4n) is 1.86. The van der Waals surface area contributed by atoms with Crippen LogP contribution in [0.1, 0.15) is 24.9 Å². The van der Waals surface area contributed by atoms with Crippen LogP contribution in [0.5, 0.6) is 5.75 Å². The minimum atomic E-state index is 0.315. The van der Waals surface area contributed by atoms with Gasteiger partial charge in [-0.3, -0.25) is 4.90 Å². The second-order valence-electron chi connectivity index (χ2n) is 3.78. The molecule has 0 aliphatic heterocycles. The molecule has 0 aromatic heterocycles. The van der Waals surface area contributed by atoms with Gasteiger partial charge in [-0.05, 0) is 31.2 Å². The van der Waals surface area contributed by atoms with Gasteiger partial charge in [0.2, 0.25) is 0 Å². The molecule has 84 valence electrons. The molecule has 0 amide bonds. The first kappa shape index (κ1) is 12.0. The molecule has 0 saturated carbocycles. The van der Waals surface area contributed by atoms with Crippen molar-refractivity contribution in [3.05, 3.63) is 29.8 Å². The third kappa shape index (κ3) is 3.22. The van der Waals surface area contributed by atoms with Gasteiger partial charge in [-0.25, -0.2) is 0 Å². The highest BCUT2D eigenvalue weighted by Gasteiger charge is 2.13. The van der Waals surface area contributed by atoms with Crippen molar-refractivity contribution in [3.8, 4) is 5.75 Å². The molecule has 1 aromatic rings. The van der Waals surface area contributed by atoms with Crippen LogP contribution in [-0.2, 0) is 0 Å². The molecule has 0 aliphatic carbocycles. The first-order valence-electron chi connectivity index (χ1n) is 5.38. The molecule has 3 N–H and O–H groups in total. The molecule has 1 unspecified atom stereocenters. The predicted molar refractivity (Wildman–Crippen MR) is 62.8 cm³/mol. The number of rotatable bonds is 5. The normalized spacial score (nSPS) is 13.1. The van der Waals surface area contributed by atoms with Gasteiger partial charge < -0.3 is 10.8 Å². The number of phenolic OH excluding ortho intramolecular Hbond substituents is 1. The molecule has 0 spiro atoms. The van der Waals surface area contributed by atoms with Crippen molar-refractivity contribution < 1.29 is 5.11 Å². The average Bonchev–Trinajstić information content (AvgIpc) is 2.22. The summed E-state index contributed by atoms with van der Waals surface area (Å²) in [6.07, 6.45) is 1.04. The lowest BCUT2D eigenvalue weighted by atomic mass is 10.0. The number of nitrogens with zero attached hydrogens (tertiary/aromatic N) is 1. The highest BCUT2D eigenvalue weighted by atomic mass is 16.3. The van der Waals surface area contributed by atoms with Crippen molar-refractivity contribution in [3.63, 3.8) is 0 Å². The summed E-state index contributed by atoms with van der Waals surface area (Å²) in [7, 11) is 2.08. The predicted octanol–water partition coefficient (Wildman–Crippen LogP) is 1.73. The molecule has 1 rings (SSSR count). The number of hydrogen-bond acceptors (Lipinski definition) is 3. The highest BCUT2D eigenvalue weighted by molar-refractivity contribution is 5.28. The summed E-state index contributed by atoms with van der Waals surface area (Å²) in [6.45, 7) is 3.72. The number of likely N-dealkylation sites (N-methyl/N-ethyl adjacent to an activating group) is 1. The van der Waals surface area contributed by atoms with E-state index < -0.39 is 0 Å². The summed E-state index contributed by atoms with van der Waals surface area (Å²) in [5, 5.41) is 9.22. The number of nitrogens with two attached hydrogens (primary N) is 1. The first-order chi connectivity index (χ1) is 7.19. The molecular weight excluding hydrogens is 188 g/mol. The first-order valence-corrected chi connectivity index (χ1v) is 5.38. The molecule has 3 nitrogen and oxygen atoms in total. The minimum absolute atomic E-state index is 0.315. The smallest absolute Gasteiger partial charge is 0.115 e. The molecule has 0 aliphatic rings. The Labute approximate surface area is 91.5 Å². The zero-order valence-electron chi connectivity index (χ0n) is 9.48. The van der Waals surface area contributed by atoms with Crippen LogP contribution in [0, 0.1) is 0 Å². The SMILES string of the molecule is CCC(c1ccc(O)cc1)N(C)CCN. The standard InChI is InChI=1S/C12H20N2O/c1-3-12(14(2)9-8-13)10-4-6-11(15)7-5-10/h4-7,12,15H,3,8-9,13H2,1-2H3. The Morgan fingerprint density at radius 3 is 2.40 bits per heavy atom. The van der Waals surface area contributed by atoms with Gasteiger partial charge in [-0.15, -0.1) is 0 Å². The fraction of sp³-hybridized carbons (Fsp3) is 0.500. The molecule has 0 radical (unpaired) electrons. The molecular formula is C12H20N2O. The second kappa shape index (κ2) is 5.73. The lowest BCUT2D eigenvalue weighted by molar-refractivity contribution is 0.245. The van der Waals surface area contributed by atoms with Gasteiger partial charge in [0, 0.05) is 19.1 Å². The van der Waals surface area contributed by atoms with Crippen molar-refractivity contribution in [1.29, 1.82) is 0 Å². The zero-order chi connectivity index (χ0) is 11.3. The maximum absolute atomic E-state index is 9.22. The quantitative estimate of drug-likeness (QED) is 0.775. The molecule has 0 heterocycles. The summed E-state index contributed by atoms with van der Waals surface area (Å²) in [4.78, 5) is 2.24. The zero-order valence-corrected chi connectivity index (χ0v) is 9.48. The van der Waals surface area contributed by atoms with Crippen LogP contribution >= 0.6 is 0 Å². The molecule has 1 atom stereocenters. The monoisotopic (exact) mass is 208 g/mol. The Hall–Kier alpha value is -1.06. The summed E-state index contributed by atoms with van der Waals surface area (Å²) < 4.78 is 0. The van der Waals surface area contributed by atoms with E-state index in [4.69, 9.17) is 5.73 Å². The van der Waals surface area contributed by atoms with Gasteiger partial charge in [0.1, 0.15) is 5.75 Å². The van der Waals surface area contributed by atoms with Gasteiger partial charge in [0.15, 0.2) is 0 Å². The van der Waals surface area contributed by atoms with E-state index in [-0.39, 0.29) is 0 Å². The van der Waals surface area contributed by atoms with E-state index in [1.165, 1.54) is 5.56 Å². The second-order valence-corrected chi connectivity index (χ2v) is 3.78. The Balaban J connectivity index is 2.77. The molecule has 0 fully saturated rings. The third-order valence-corrected chi connectivity index (χ3v) is 2.68. The van der Waals surface area contributed by atoms with Gasteiger partial charge in [-0.1, -0.05) is 19.1 Å². The highest BCUT2D eigenvalue weighted by Crippen LogP contribution is 2.23. The van der Waals surface area contributed by atoms with E-state index >= 15 is 0 Å². The summed E-state index contributed by atoms with van der Waals surface area (Å²) >= 11 is 0. The van der Waals surface area contributed by atoms with Gasteiger partial charge in [0.05, 0.1) is 0 Å². The van der Waals surface area contributed by atoms with Gasteiger partial charge in [-0.2, -0.15) is 0 Å². The number of aromatic hydroxyl groups is 1. The molecule has 15 heavy (non-hydrogen) atoms. The van der Waals surface area contributed by atoms with E-state index in [9.17, 15) is 5.11 Å². The maximum atomic E-state index is 9.22. The van der Waals surface area contributed by atoms with E-state index in [2.05, 4.69) is 18.9 Å². The van der Waals surface area contributed by atoms with Crippen molar-refractivity contribution in [2.24, 2.45) is 5.73 Å². The van der Waals surface area contributed by atoms with Crippen molar-refractivity contribution in [1.82, 2.24) is 4.90 Å². The molecule has 0 bridgehead atoms. The van der Waals surface area contributed by atoms with E-state index in [0.29, 0.717) is 18.3 Å². The van der Waals surface area contributed by atoms with Crippen LogP contribution in [0.15, 0.2) is 24.3 Å². The lowest BCUT2D eigenvalue weighted by Gasteiger charge is -2.27. The van der Waals surface area contributed by atoms with Crippen LogP contribution in [0.3, 0.4) is 0 Å². The fourth-order valence-corrected chi connectivity index (χ4v) is 1.86. The number of benzene rings is 1. The summed E-state index contributed by atoms with van der Waals surface area (Å²) in [6, 6.07) is 7.78. The number of phenols is 1. The van der Waals surface area contributed by atoms with Crippen LogP contribution in [0.25, 0.3) is 0 Å².